The maximum absolute atomic E-state index is 9.02. The highest BCUT2D eigenvalue weighted by molar-refractivity contribution is 5.61. The van der Waals surface area contributed by atoms with Crippen LogP contribution < -0.4 is 15.4 Å². The van der Waals surface area contributed by atoms with Crippen molar-refractivity contribution in [3.63, 3.8) is 0 Å². The SMILES string of the molecule is N#Cc1cccc(Nc2ccnc(Nc3ccc(Oc4ccccc4)cc3)n2)c1. The number of hydrogen-bond donors (Lipinski definition) is 2. The third-order valence-corrected chi connectivity index (χ3v) is 4.01. The average Bonchev–Trinajstić information content (AvgIpc) is 2.76. The van der Waals surface area contributed by atoms with Crippen LogP contribution in [0.1, 0.15) is 5.56 Å². The molecule has 29 heavy (non-hydrogen) atoms. The maximum Gasteiger partial charge on any atom is 0.229 e. The lowest BCUT2D eigenvalue weighted by molar-refractivity contribution is 0.483. The molecule has 0 bridgehead atoms. The Morgan fingerprint density at radius 1 is 0.759 bits per heavy atom. The number of nitrogens with one attached hydrogen (secondary N) is 2. The van der Waals surface area contributed by atoms with Gasteiger partial charge in [-0.2, -0.15) is 10.2 Å². The molecule has 0 amide bonds. The van der Waals surface area contributed by atoms with Crippen LogP contribution >= 0.6 is 0 Å². The van der Waals surface area contributed by atoms with E-state index in [1.54, 1.807) is 24.4 Å². The summed E-state index contributed by atoms with van der Waals surface area (Å²) < 4.78 is 5.80. The Morgan fingerprint density at radius 2 is 1.55 bits per heavy atom. The van der Waals surface area contributed by atoms with E-state index in [-0.39, 0.29) is 0 Å². The molecule has 6 heteroatoms. The summed E-state index contributed by atoms with van der Waals surface area (Å²) in [6.07, 6.45) is 1.67. The number of rotatable bonds is 6. The Balaban J connectivity index is 1.43. The van der Waals surface area contributed by atoms with Gasteiger partial charge in [-0.25, -0.2) is 4.98 Å². The van der Waals surface area contributed by atoms with Crippen LogP contribution in [0.5, 0.6) is 11.5 Å². The standard InChI is InChI=1S/C23H17N5O/c24-16-17-5-4-6-19(15-17)26-22-13-14-25-23(28-22)27-18-9-11-21(12-10-18)29-20-7-2-1-3-8-20/h1-15H,(H2,25,26,27,28). The number of anilines is 4. The molecule has 3 aromatic carbocycles. The first-order valence-corrected chi connectivity index (χ1v) is 8.99. The highest BCUT2D eigenvalue weighted by atomic mass is 16.5. The Hall–Kier alpha value is -4.37. The second-order valence-electron chi connectivity index (χ2n) is 6.15. The van der Waals surface area contributed by atoms with Crippen molar-refractivity contribution < 1.29 is 4.74 Å². The topological polar surface area (TPSA) is 82.9 Å². The Labute approximate surface area is 168 Å². The molecule has 4 rings (SSSR count). The summed E-state index contributed by atoms with van der Waals surface area (Å²) in [4.78, 5) is 8.72. The lowest BCUT2D eigenvalue weighted by atomic mass is 10.2. The van der Waals surface area contributed by atoms with Crippen LogP contribution in [0.3, 0.4) is 0 Å². The molecule has 0 aliphatic heterocycles. The predicted octanol–water partition coefficient (Wildman–Crippen LogP) is 5.63. The van der Waals surface area contributed by atoms with Gasteiger partial charge in [-0.1, -0.05) is 24.3 Å². The van der Waals surface area contributed by atoms with Crippen LogP contribution in [0.2, 0.25) is 0 Å². The van der Waals surface area contributed by atoms with Gasteiger partial charge in [0.05, 0.1) is 11.6 Å². The summed E-state index contributed by atoms with van der Waals surface area (Å²) in [6, 6.07) is 28.3. The molecule has 0 spiro atoms. The third kappa shape index (κ3) is 4.87. The molecule has 0 atom stereocenters. The first-order chi connectivity index (χ1) is 14.3. The van der Waals surface area contributed by atoms with E-state index in [4.69, 9.17) is 10.00 Å². The van der Waals surface area contributed by atoms with Gasteiger partial charge in [0.2, 0.25) is 5.95 Å². The number of benzene rings is 3. The fourth-order valence-corrected chi connectivity index (χ4v) is 2.66. The number of hydrogen-bond acceptors (Lipinski definition) is 6. The van der Waals surface area contributed by atoms with Crippen LogP contribution in [0.25, 0.3) is 0 Å². The monoisotopic (exact) mass is 379 g/mol. The smallest absolute Gasteiger partial charge is 0.229 e. The number of nitriles is 1. The van der Waals surface area contributed by atoms with Gasteiger partial charge >= 0.3 is 0 Å². The minimum Gasteiger partial charge on any atom is -0.457 e. The molecule has 1 heterocycles. The molecule has 2 N–H and O–H groups in total. The van der Waals surface area contributed by atoms with Gasteiger partial charge in [-0.05, 0) is 60.7 Å². The molecule has 140 valence electrons. The molecule has 6 nitrogen and oxygen atoms in total. The van der Waals surface area contributed by atoms with E-state index >= 15 is 0 Å². The summed E-state index contributed by atoms with van der Waals surface area (Å²) in [5, 5.41) is 15.4. The quantitative estimate of drug-likeness (QED) is 0.452. The van der Waals surface area contributed by atoms with Gasteiger partial charge in [0, 0.05) is 17.6 Å². The number of ether oxygens (including phenoxy) is 1. The molecule has 1 aromatic heterocycles. The van der Waals surface area contributed by atoms with Crippen LogP contribution in [-0.4, -0.2) is 9.97 Å². The highest BCUT2D eigenvalue weighted by Crippen LogP contribution is 2.24. The normalized spacial score (nSPS) is 10.0. The second-order valence-corrected chi connectivity index (χ2v) is 6.15. The van der Waals surface area contributed by atoms with E-state index in [9.17, 15) is 0 Å². The molecule has 0 unspecified atom stereocenters. The lowest BCUT2D eigenvalue weighted by Gasteiger charge is -2.10. The Bertz CT molecular complexity index is 1140. The van der Waals surface area contributed by atoms with Crippen molar-refractivity contribution in [2.24, 2.45) is 0 Å². The zero-order valence-electron chi connectivity index (χ0n) is 15.4. The summed E-state index contributed by atoms with van der Waals surface area (Å²) in [6.45, 7) is 0. The molecular formula is C23H17N5O. The van der Waals surface area contributed by atoms with E-state index in [0.717, 1.165) is 22.9 Å². The van der Waals surface area contributed by atoms with Crippen LogP contribution in [0.15, 0.2) is 91.1 Å². The second kappa shape index (κ2) is 8.55. The third-order valence-electron chi connectivity index (χ3n) is 4.01. The van der Waals surface area contributed by atoms with Gasteiger partial charge in [0.25, 0.3) is 0 Å². The minimum atomic E-state index is 0.461. The van der Waals surface area contributed by atoms with Crippen molar-refractivity contribution in [3.8, 4) is 17.6 Å². The van der Waals surface area contributed by atoms with Gasteiger partial charge < -0.3 is 15.4 Å². The van der Waals surface area contributed by atoms with E-state index < -0.39 is 0 Å². The van der Waals surface area contributed by atoms with Crippen molar-refractivity contribution in [2.45, 2.75) is 0 Å². The Morgan fingerprint density at radius 3 is 2.34 bits per heavy atom. The van der Waals surface area contributed by atoms with Crippen LogP contribution in [0.4, 0.5) is 23.1 Å². The maximum atomic E-state index is 9.02. The fraction of sp³-hybridized carbons (Fsp3) is 0. The van der Waals surface area contributed by atoms with Crippen molar-refractivity contribution in [3.05, 3.63) is 96.7 Å². The lowest BCUT2D eigenvalue weighted by Crippen LogP contribution is -2.00. The van der Waals surface area contributed by atoms with Gasteiger partial charge in [-0.15, -0.1) is 0 Å². The average molecular weight is 379 g/mol. The molecule has 4 aromatic rings. The molecule has 0 saturated carbocycles. The molecule has 0 fully saturated rings. The van der Waals surface area contributed by atoms with E-state index in [2.05, 4.69) is 26.7 Å². The number of nitrogens with zero attached hydrogens (tertiary/aromatic N) is 3. The zero-order chi connectivity index (χ0) is 19.9. The van der Waals surface area contributed by atoms with Crippen LogP contribution in [-0.2, 0) is 0 Å². The molecule has 0 saturated heterocycles. The summed E-state index contributed by atoms with van der Waals surface area (Å²) >= 11 is 0. The summed E-state index contributed by atoms with van der Waals surface area (Å²) in [5.41, 5.74) is 2.21. The van der Waals surface area contributed by atoms with Gasteiger partial charge in [-0.3, -0.25) is 0 Å². The van der Waals surface area contributed by atoms with Crippen molar-refractivity contribution in [1.29, 1.82) is 5.26 Å². The fourth-order valence-electron chi connectivity index (χ4n) is 2.66. The largest absolute Gasteiger partial charge is 0.457 e. The van der Waals surface area contributed by atoms with E-state index in [1.807, 2.05) is 66.7 Å². The minimum absolute atomic E-state index is 0.461. The first-order valence-electron chi connectivity index (χ1n) is 8.99. The van der Waals surface area contributed by atoms with E-state index in [0.29, 0.717) is 17.3 Å². The zero-order valence-corrected chi connectivity index (χ0v) is 15.4. The number of aromatic nitrogens is 2. The molecule has 0 aliphatic rings. The highest BCUT2D eigenvalue weighted by Gasteiger charge is 2.03. The molecule has 0 radical (unpaired) electrons. The van der Waals surface area contributed by atoms with E-state index in [1.165, 1.54) is 0 Å². The summed E-state index contributed by atoms with van der Waals surface area (Å²) in [5.74, 6) is 2.62. The predicted molar refractivity (Wildman–Crippen MR) is 113 cm³/mol. The molecular weight excluding hydrogens is 362 g/mol. The Kier molecular flexibility index (Phi) is 5.31. The van der Waals surface area contributed by atoms with Gasteiger partial charge in [0.15, 0.2) is 0 Å². The number of para-hydroxylation sites is 1. The van der Waals surface area contributed by atoms with Gasteiger partial charge in [0.1, 0.15) is 17.3 Å². The summed E-state index contributed by atoms with van der Waals surface area (Å²) in [7, 11) is 0. The first kappa shape index (κ1) is 18.0. The van der Waals surface area contributed by atoms with Crippen molar-refractivity contribution in [2.75, 3.05) is 10.6 Å². The van der Waals surface area contributed by atoms with Crippen molar-refractivity contribution >= 4 is 23.1 Å². The van der Waals surface area contributed by atoms with Crippen LogP contribution in [0, 0.1) is 11.3 Å². The van der Waals surface area contributed by atoms with Crippen molar-refractivity contribution in [1.82, 2.24) is 9.97 Å². The molecule has 0 aliphatic carbocycles.